The molecule has 0 amide bonds. The Morgan fingerprint density at radius 3 is 1.96 bits per heavy atom. The van der Waals surface area contributed by atoms with Gasteiger partial charge in [-0.25, -0.2) is 0 Å². The molecule has 1 fully saturated rings. The van der Waals surface area contributed by atoms with E-state index < -0.39 is 5.79 Å². The number of hydrogen-bond donors (Lipinski definition) is 0. The maximum atomic E-state index is 6.20. The Morgan fingerprint density at radius 2 is 1.44 bits per heavy atom. The van der Waals surface area contributed by atoms with Crippen LogP contribution >= 0.6 is 0 Å². The molecule has 1 aliphatic rings. The maximum Gasteiger partial charge on any atom is 0.191 e. The van der Waals surface area contributed by atoms with Crippen LogP contribution in [0.25, 0.3) is 5.57 Å². The number of unbranched alkanes of at least 4 members (excludes halogenated alkanes) is 3. The largest absolute Gasteiger partial charge is 0.344 e. The molecule has 2 nitrogen and oxygen atoms in total. The van der Waals surface area contributed by atoms with E-state index in [-0.39, 0.29) is 0 Å². The highest BCUT2D eigenvalue weighted by Crippen LogP contribution is 2.40. The molecule has 0 spiro atoms. The Morgan fingerprint density at radius 1 is 0.889 bits per heavy atom. The van der Waals surface area contributed by atoms with Crippen LogP contribution in [0, 0.1) is 0 Å². The third kappa shape index (κ3) is 6.22. The number of allylic oxidation sites excluding steroid dienone is 1. The van der Waals surface area contributed by atoms with Gasteiger partial charge in [-0.15, -0.1) is 0 Å². The van der Waals surface area contributed by atoms with Crippen molar-refractivity contribution >= 4 is 12.3 Å². The van der Waals surface area contributed by atoms with Crippen molar-refractivity contribution < 1.29 is 9.47 Å². The first kappa shape index (κ1) is 22.2. The molecule has 2 rings (SSSR count). The summed E-state index contributed by atoms with van der Waals surface area (Å²) in [4.78, 5) is 0. The van der Waals surface area contributed by atoms with Crippen LogP contribution in [-0.2, 0) is 9.47 Å². The van der Waals surface area contributed by atoms with Crippen LogP contribution < -0.4 is 0 Å². The van der Waals surface area contributed by atoms with Gasteiger partial charge < -0.3 is 9.47 Å². The van der Waals surface area contributed by atoms with Crippen molar-refractivity contribution in [2.24, 2.45) is 0 Å². The van der Waals surface area contributed by atoms with E-state index in [0.29, 0.717) is 19.9 Å². The highest BCUT2D eigenvalue weighted by Gasteiger charge is 2.39. The fourth-order valence-corrected chi connectivity index (χ4v) is 4.30. The summed E-state index contributed by atoms with van der Waals surface area (Å²) >= 11 is 0. The normalized spacial score (nSPS) is 17.0. The monoisotopic (exact) mass is 370 g/mol. The molecule has 1 aromatic rings. The average Bonchev–Trinajstić information content (AvgIpc) is 3.13. The molecular formula is C24H39BO2. The van der Waals surface area contributed by atoms with Crippen LogP contribution in [-0.4, -0.2) is 25.7 Å². The molecule has 3 heteroatoms. The molecule has 1 aromatic carbocycles. The molecule has 0 aliphatic carbocycles. The molecule has 0 aromatic heterocycles. The van der Waals surface area contributed by atoms with Crippen molar-refractivity contribution in [2.75, 3.05) is 13.2 Å². The summed E-state index contributed by atoms with van der Waals surface area (Å²) in [6.07, 6.45) is 11.3. The first-order valence-corrected chi connectivity index (χ1v) is 11.2. The van der Waals surface area contributed by atoms with Crippen LogP contribution in [0.5, 0.6) is 0 Å². The Hall–Kier alpha value is -1.06. The van der Waals surface area contributed by atoms with E-state index in [2.05, 4.69) is 58.0 Å². The third-order valence-electron chi connectivity index (χ3n) is 5.78. The second-order valence-corrected chi connectivity index (χ2v) is 7.99. The molecule has 0 saturated carbocycles. The summed E-state index contributed by atoms with van der Waals surface area (Å²) in [7, 11) is 0. The van der Waals surface area contributed by atoms with Gasteiger partial charge in [0.1, 0.15) is 0 Å². The minimum atomic E-state index is -0.610. The fourth-order valence-electron chi connectivity index (χ4n) is 4.30. The topological polar surface area (TPSA) is 18.5 Å². The van der Waals surface area contributed by atoms with Crippen LogP contribution in [0.4, 0.5) is 0 Å². The number of rotatable bonds is 12. The lowest BCUT2D eigenvalue weighted by Gasteiger charge is -2.32. The quantitative estimate of drug-likeness (QED) is 0.368. The Kier molecular flexibility index (Phi) is 9.65. The van der Waals surface area contributed by atoms with E-state index in [1.165, 1.54) is 62.3 Å². The molecular weight excluding hydrogens is 331 g/mol. The summed E-state index contributed by atoms with van der Waals surface area (Å²) in [5.74, 6) is -0.610. The summed E-state index contributed by atoms with van der Waals surface area (Å²) in [5.41, 5.74) is 4.17. The van der Waals surface area contributed by atoms with Crippen molar-refractivity contribution in [2.45, 2.75) is 91.1 Å². The van der Waals surface area contributed by atoms with E-state index in [0.717, 1.165) is 6.42 Å². The highest BCUT2D eigenvalue weighted by atomic mass is 16.7. The van der Waals surface area contributed by atoms with Gasteiger partial charge in [-0.05, 0) is 18.9 Å². The first-order valence-electron chi connectivity index (χ1n) is 11.2. The number of benzene rings is 1. The van der Waals surface area contributed by atoms with Gasteiger partial charge in [-0.2, -0.15) is 0 Å². The molecule has 0 bridgehead atoms. The summed E-state index contributed by atoms with van der Waals surface area (Å²) in [6.45, 7) is 11.0. The molecule has 27 heavy (non-hydrogen) atoms. The Balaban J connectivity index is 2.54. The van der Waals surface area contributed by atoms with Crippen molar-refractivity contribution in [3.05, 3.63) is 41.4 Å². The standard InChI is InChI=1S/C24H39BO2/c1-5-8-16-22(25(17-9-6-2)18-10-7-3)23(21-14-12-11-13-15-21)24(4)26-19-20-27-24/h11-15H,5-10,16-20H2,1-4H3/b23-22+. The van der Waals surface area contributed by atoms with E-state index in [1.54, 1.807) is 5.47 Å². The van der Waals surface area contributed by atoms with Crippen LogP contribution in [0.3, 0.4) is 0 Å². The van der Waals surface area contributed by atoms with Gasteiger partial charge in [0.05, 0.1) is 13.2 Å². The molecule has 0 unspecified atom stereocenters. The van der Waals surface area contributed by atoms with Crippen molar-refractivity contribution in [3.8, 4) is 0 Å². The van der Waals surface area contributed by atoms with Crippen LogP contribution in [0.15, 0.2) is 35.8 Å². The molecule has 0 N–H and O–H groups in total. The zero-order chi connectivity index (χ0) is 19.5. The van der Waals surface area contributed by atoms with E-state index >= 15 is 0 Å². The Labute approximate surface area is 167 Å². The molecule has 0 radical (unpaired) electrons. The minimum Gasteiger partial charge on any atom is -0.344 e. The Bertz CT molecular complexity index is 553. The molecule has 0 atom stereocenters. The zero-order valence-corrected chi connectivity index (χ0v) is 18.1. The predicted molar refractivity (Wildman–Crippen MR) is 118 cm³/mol. The van der Waals surface area contributed by atoms with Gasteiger partial charge in [0.2, 0.25) is 0 Å². The summed E-state index contributed by atoms with van der Waals surface area (Å²) in [6, 6.07) is 10.8. The second kappa shape index (κ2) is 11.7. The average molecular weight is 370 g/mol. The molecule has 1 aliphatic heterocycles. The number of hydrogen-bond acceptors (Lipinski definition) is 2. The van der Waals surface area contributed by atoms with Crippen molar-refractivity contribution in [1.29, 1.82) is 0 Å². The van der Waals surface area contributed by atoms with Gasteiger partial charge in [0, 0.05) is 5.57 Å². The summed E-state index contributed by atoms with van der Waals surface area (Å²) < 4.78 is 12.4. The number of ether oxygens (including phenoxy) is 2. The van der Waals surface area contributed by atoms with Gasteiger partial charge in [0.15, 0.2) is 12.5 Å². The molecule has 150 valence electrons. The van der Waals surface area contributed by atoms with E-state index in [4.69, 9.17) is 9.47 Å². The lowest BCUT2D eigenvalue weighted by Crippen LogP contribution is -2.32. The highest BCUT2D eigenvalue weighted by molar-refractivity contribution is 6.68. The lowest BCUT2D eigenvalue weighted by atomic mass is 9.37. The smallest absolute Gasteiger partial charge is 0.191 e. The van der Waals surface area contributed by atoms with Crippen molar-refractivity contribution in [1.82, 2.24) is 0 Å². The van der Waals surface area contributed by atoms with Crippen LogP contribution in [0.1, 0.15) is 78.2 Å². The first-order chi connectivity index (χ1) is 13.2. The van der Waals surface area contributed by atoms with Gasteiger partial charge in [-0.3, -0.25) is 0 Å². The van der Waals surface area contributed by atoms with E-state index in [1.807, 2.05) is 0 Å². The van der Waals surface area contributed by atoms with Gasteiger partial charge in [0.25, 0.3) is 0 Å². The second-order valence-electron chi connectivity index (χ2n) is 7.99. The maximum absolute atomic E-state index is 6.20. The minimum absolute atomic E-state index is 0.610. The van der Waals surface area contributed by atoms with Crippen molar-refractivity contribution in [3.63, 3.8) is 0 Å². The van der Waals surface area contributed by atoms with E-state index in [9.17, 15) is 0 Å². The molecule has 1 saturated heterocycles. The zero-order valence-electron chi connectivity index (χ0n) is 18.1. The third-order valence-corrected chi connectivity index (χ3v) is 5.78. The fraction of sp³-hybridized carbons (Fsp3) is 0.667. The van der Waals surface area contributed by atoms with Gasteiger partial charge >= 0.3 is 0 Å². The lowest BCUT2D eigenvalue weighted by molar-refractivity contribution is -0.0906. The summed E-state index contributed by atoms with van der Waals surface area (Å²) in [5, 5.41) is 0. The van der Waals surface area contributed by atoms with Crippen LogP contribution in [0.2, 0.25) is 12.6 Å². The van der Waals surface area contributed by atoms with Gasteiger partial charge in [-0.1, -0.05) is 108 Å². The predicted octanol–water partition coefficient (Wildman–Crippen LogP) is 7.03. The molecule has 1 heterocycles. The SMILES string of the molecule is CCCCB(CCCC)/C(CCCC)=C(\c1ccccc1)C1(C)OCCO1.